The molecule has 0 aromatic carbocycles. The number of unbranched alkanes of at least 4 members (excludes halogenated alkanes) is 2. The zero-order valence-corrected chi connectivity index (χ0v) is 18.4. The Bertz CT molecular complexity index is 547. The highest BCUT2D eigenvalue weighted by atomic mass is 16.5. The van der Waals surface area contributed by atoms with Crippen LogP contribution in [-0.4, -0.2) is 30.1 Å². The van der Waals surface area contributed by atoms with Crippen molar-refractivity contribution in [2.75, 3.05) is 7.11 Å². The van der Waals surface area contributed by atoms with Crippen molar-refractivity contribution < 1.29 is 19.4 Å². The molecule has 0 amide bonds. The number of rotatable bonds is 12. The maximum absolute atomic E-state index is 12.5. The molecule has 0 radical (unpaired) electrons. The van der Waals surface area contributed by atoms with E-state index in [1.807, 2.05) is 18.2 Å². The lowest BCUT2D eigenvalue weighted by molar-refractivity contribution is -0.140. The molecule has 4 nitrogen and oxygen atoms in total. The van der Waals surface area contributed by atoms with Gasteiger partial charge >= 0.3 is 5.97 Å². The third-order valence-electron chi connectivity index (χ3n) is 5.91. The van der Waals surface area contributed by atoms with E-state index < -0.39 is 6.10 Å². The van der Waals surface area contributed by atoms with E-state index in [9.17, 15) is 14.7 Å². The smallest absolute Gasteiger partial charge is 0.305 e. The normalized spacial score (nSPS) is 24.4. The Labute approximate surface area is 171 Å². The molecule has 0 heterocycles. The van der Waals surface area contributed by atoms with Gasteiger partial charge in [-0.1, -0.05) is 64.8 Å². The lowest BCUT2D eigenvalue weighted by atomic mass is 9.81. The van der Waals surface area contributed by atoms with E-state index in [1.165, 1.54) is 20.0 Å². The summed E-state index contributed by atoms with van der Waals surface area (Å²) in [5.41, 5.74) is 0.0673. The van der Waals surface area contributed by atoms with Crippen molar-refractivity contribution in [1.29, 1.82) is 0 Å². The Morgan fingerprint density at radius 1 is 1.32 bits per heavy atom. The van der Waals surface area contributed by atoms with Crippen LogP contribution in [0, 0.1) is 23.2 Å². The van der Waals surface area contributed by atoms with E-state index in [1.54, 1.807) is 0 Å². The van der Waals surface area contributed by atoms with Crippen molar-refractivity contribution in [2.24, 2.45) is 23.2 Å². The first-order valence-electron chi connectivity index (χ1n) is 10.8. The maximum atomic E-state index is 12.5. The van der Waals surface area contributed by atoms with Crippen molar-refractivity contribution in [3.05, 3.63) is 24.3 Å². The van der Waals surface area contributed by atoms with Crippen molar-refractivity contribution >= 4 is 11.8 Å². The van der Waals surface area contributed by atoms with Gasteiger partial charge in [-0.15, -0.1) is 0 Å². The number of aliphatic hydroxyl groups excluding tert-OH is 1. The van der Waals surface area contributed by atoms with E-state index >= 15 is 0 Å². The van der Waals surface area contributed by atoms with Gasteiger partial charge in [0.1, 0.15) is 5.78 Å². The fraction of sp³-hybridized carbons (Fsp3) is 0.750. The molecule has 0 bridgehead atoms. The molecule has 4 heteroatoms. The summed E-state index contributed by atoms with van der Waals surface area (Å²) in [4.78, 5) is 23.6. The van der Waals surface area contributed by atoms with Gasteiger partial charge in [-0.3, -0.25) is 9.59 Å². The van der Waals surface area contributed by atoms with Crippen molar-refractivity contribution in [3.8, 4) is 0 Å². The van der Waals surface area contributed by atoms with Crippen LogP contribution in [0.3, 0.4) is 0 Å². The average molecular weight is 393 g/mol. The second kappa shape index (κ2) is 12.2. The minimum absolute atomic E-state index is 0.0227. The van der Waals surface area contributed by atoms with E-state index in [4.69, 9.17) is 0 Å². The van der Waals surface area contributed by atoms with Crippen LogP contribution in [0.1, 0.15) is 79.1 Å². The molecule has 1 fully saturated rings. The summed E-state index contributed by atoms with van der Waals surface area (Å²) in [5, 5.41) is 10.8. The molecule has 28 heavy (non-hydrogen) atoms. The van der Waals surface area contributed by atoms with Gasteiger partial charge in [0.15, 0.2) is 0 Å². The van der Waals surface area contributed by atoms with Crippen molar-refractivity contribution in [1.82, 2.24) is 0 Å². The molecular formula is C24H40O4. The number of aliphatic hydroxyl groups is 1. The molecule has 0 spiro atoms. The number of ether oxygens (including phenoxy) is 1. The zero-order valence-electron chi connectivity index (χ0n) is 18.4. The average Bonchev–Trinajstić information content (AvgIpc) is 2.94. The van der Waals surface area contributed by atoms with Crippen LogP contribution < -0.4 is 0 Å². The number of methoxy groups -OCH3 is 1. The predicted molar refractivity (Wildman–Crippen MR) is 114 cm³/mol. The summed E-state index contributed by atoms with van der Waals surface area (Å²) in [6.07, 6.45) is 14.2. The first-order chi connectivity index (χ1) is 13.2. The highest BCUT2D eigenvalue weighted by Crippen LogP contribution is 2.39. The molecule has 0 aliphatic heterocycles. The van der Waals surface area contributed by atoms with Gasteiger partial charge in [-0.05, 0) is 37.0 Å². The summed E-state index contributed by atoms with van der Waals surface area (Å²) in [5.74, 6) is 0.124. The lowest BCUT2D eigenvalue weighted by Gasteiger charge is -2.26. The minimum atomic E-state index is -0.583. The fourth-order valence-corrected chi connectivity index (χ4v) is 4.11. The molecule has 160 valence electrons. The van der Waals surface area contributed by atoms with E-state index in [-0.39, 0.29) is 34.9 Å². The number of Topliss-reactive ketones (excluding diaryl/α,β-unsaturated/α-hetero) is 1. The summed E-state index contributed by atoms with van der Waals surface area (Å²) in [6.45, 7) is 8.66. The van der Waals surface area contributed by atoms with Gasteiger partial charge < -0.3 is 9.84 Å². The fourth-order valence-electron chi connectivity index (χ4n) is 4.11. The highest BCUT2D eigenvalue weighted by molar-refractivity contribution is 5.84. The second-order valence-electron chi connectivity index (χ2n) is 8.95. The minimum Gasteiger partial charge on any atom is -0.469 e. The first-order valence-corrected chi connectivity index (χ1v) is 10.8. The van der Waals surface area contributed by atoms with E-state index in [2.05, 4.69) is 38.5 Å². The summed E-state index contributed by atoms with van der Waals surface area (Å²) >= 11 is 0. The van der Waals surface area contributed by atoms with Gasteiger partial charge in [0.05, 0.1) is 13.2 Å². The van der Waals surface area contributed by atoms with Crippen LogP contribution in [-0.2, 0) is 14.3 Å². The quantitative estimate of drug-likeness (QED) is 0.280. The SMILES string of the molecule is CCCCC(C)(C)C=C[C@H](O)[C@H]1[C@H](C)CC(=O)[C@@H]1CC=CCCCC(=O)OC. The number of ketones is 1. The van der Waals surface area contributed by atoms with Crippen LogP contribution in [0.5, 0.6) is 0 Å². The van der Waals surface area contributed by atoms with Crippen LogP contribution in [0.15, 0.2) is 24.3 Å². The number of hydrogen-bond donors (Lipinski definition) is 1. The third kappa shape index (κ3) is 8.30. The molecule has 4 atom stereocenters. The molecule has 1 aliphatic rings. The maximum Gasteiger partial charge on any atom is 0.305 e. The number of hydrogen-bond acceptors (Lipinski definition) is 4. The molecule has 1 aliphatic carbocycles. The lowest BCUT2D eigenvalue weighted by Crippen LogP contribution is -2.28. The van der Waals surface area contributed by atoms with E-state index in [0.29, 0.717) is 19.3 Å². The van der Waals surface area contributed by atoms with Crippen LogP contribution >= 0.6 is 0 Å². The molecule has 0 aromatic rings. The Morgan fingerprint density at radius 2 is 2.04 bits per heavy atom. The van der Waals surface area contributed by atoms with Crippen LogP contribution in [0.25, 0.3) is 0 Å². The molecular weight excluding hydrogens is 352 g/mol. The largest absolute Gasteiger partial charge is 0.469 e. The Morgan fingerprint density at radius 3 is 2.68 bits per heavy atom. The topological polar surface area (TPSA) is 63.6 Å². The summed E-state index contributed by atoms with van der Waals surface area (Å²) < 4.78 is 4.63. The molecule has 1 saturated carbocycles. The van der Waals surface area contributed by atoms with Crippen molar-refractivity contribution in [2.45, 2.75) is 85.2 Å². The molecule has 0 saturated heterocycles. The Hall–Kier alpha value is -1.42. The van der Waals surface area contributed by atoms with Gasteiger partial charge in [0, 0.05) is 24.7 Å². The molecule has 0 aromatic heterocycles. The molecule has 1 N–H and O–H groups in total. The molecule has 0 unspecified atom stereocenters. The van der Waals surface area contributed by atoms with Gasteiger partial charge in [-0.25, -0.2) is 0 Å². The zero-order chi connectivity index (χ0) is 21.2. The number of carbonyl (C=O) groups is 2. The van der Waals surface area contributed by atoms with Crippen LogP contribution in [0.2, 0.25) is 0 Å². The monoisotopic (exact) mass is 392 g/mol. The van der Waals surface area contributed by atoms with Gasteiger partial charge in [-0.2, -0.15) is 0 Å². The number of carbonyl (C=O) groups excluding carboxylic acids is 2. The Kier molecular flexibility index (Phi) is 10.7. The number of allylic oxidation sites excluding steroid dienone is 3. The van der Waals surface area contributed by atoms with Gasteiger partial charge in [0.2, 0.25) is 0 Å². The predicted octanol–water partition coefficient (Wildman–Crippen LogP) is 5.25. The van der Waals surface area contributed by atoms with E-state index in [0.717, 1.165) is 19.3 Å². The first kappa shape index (κ1) is 24.6. The van der Waals surface area contributed by atoms with Gasteiger partial charge in [0.25, 0.3) is 0 Å². The summed E-state index contributed by atoms with van der Waals surface area (Å²) in [7, 11) is 1.40. The number of esters is 1. The standard InChI is InChI=1S/C24H40O4/c1-6-7-15-24(3,4)16-14-20(25)23-18(2)17-21(26)19(23)12-10-8-9-11-13-22(27)28-5/h8,10,14,16,18-20,23,25H,6-7,9,11-13,15,17H2,1-5H3/t18-,19+,20+,23+/m1/s1. The molecule has 1 rings (SSSR count). The third-order valence-corrected chi connectivity index (χ3v) is 5.91. The second-order valence-corrected chi connectivity index (χ2v) is 8.95. The highest BCUT2D eigenvalue weighted by Gasteiger charge is 2.42. The Balaban J connectivity index is 2.62. The van der Waals surface area contributed by atoms with Crippen molar-refractivity contribution in [3.63, 3.8) is 0 Å². The summed E-state index contributed by atoms with van der Waals surface area (Å²) in [6, 6.07) is 0. The van der Waals surface area contributed by atoms with Crippen LogP contribution in [0.4, 0.5) is 0 Å².